The van der Waals surface area contributed by atoms with Gasteiger partial charge < -0.3 is 10.1 Å². The number of aryl methyl sites for hydroxylation is 1. The van der Waals surface area contributed by atoms with Crippen LogP contribution in [-0.2, 0) is 0 Å². The number of para-hydroxylation sites is 2. The quantitative estimate of drug-likeness (QED) is 0.454. The van der Waals surface area contributed by atoms with Gasteiger partial charge in [-0.1, -0.05) is 53.6 Å². The Hall–Kier alpha value is -3.64. The van der Waals surface area contributed by atoms with Crippen molar-refractivity contribution in [1.82, 2.24) is 14.8 Å². The summed E-state index contributed by atoms with van der Waals surface area (Å²) >= 11 is 6.34. The van der Waals surface area contributed by atoms with Crippen LogP contribution >= 0.6 is 11.6 Å². The van der Waals surface area contributed by atoms with Gasteiger partial charge >= 0.3 is 0 Å². The van der Waals surface area contributed by atoms with Crippen molar-refractivity contribution in [2.45, 2.75) is 13.8 Å². The molecule has 0 saturated carbocycles. The first-order valence-corrected chi connectivity index (χ1v) is 10.1. The van der Waals surface area contributed by atoms with Crippen molar-refractivity contribution >= 4 is 23.2 Å². The van der Waals surface area contributed by atoms with E-state index in [0.717, 1.165) is 22.4 Å². The van der Waals surface area contributed by atoms with E-state index in [2.05, 4.69) is 15.4 Å². The molecule has 6 nitrogen and oxygen atoms in total. The molecule has 0 bridgehead atoms. The zero-order valence-electron chi connectivity index (χ0n) is 17.4. The number of carbonyl (C=O) groups is 1. The Morgan fingerprint density at radius 2 is 1.81 bits per heavy atom. The lowest BCUT2D eigenvalue weighted by Crippen LogP contribution is -2.15. The molecule has 156 valence electrons. The van der Waals surface area contributed by atoms with Gasteiger partial charge in [0.1, 0.15) is 5.75 Å². The number of nitrogens with one attached hydrogen (secondary N) is 1. The second-order valence-electron chi connectivity index (χ2n) is 7.08. The van der Waals surface area contributed by atoms with E-state index < -0.39 is 5.91 Å². The molecule has 1 N–H and O–H groups in total. The molecule has 0 radical (unpaired) electrons. The number of benzene rings is 3. The predicted molar refractivity (Wildman–Crippen MR) is 122 cm³/mol. The Kier molecular flexibility index (Phi) is 5.73. The number of methoxy groups -OCH3 is 1. The molecule has 0 unspecified atom stereocenters. The molecule has 0 aliphatic heterocycles. The van der Waals surface area contributed by atoms with Crippen molar-refractivity contribution < 1.29 is 9.53 Å². The van der Waals surface area contributed by atoms with Crippen LogP contribution in [0.2, 0.25) is 5.02 Å². The highest BCUT2D eigenvalue weighted by atomic mass is 35.5. The molecule has 7 heteroatoms. The van der Waals surface area contributed by atoms with Crippen molar-refractivity contribution in [1.29, 1.82) is 0 Å². The summed E-state index contributed by atoms with van der Waals surface area (Å²) in [5.74, 6) is 0.720. The highest BCUT2D eigenvalue weighted by Crippen LogP contribution is 2.28. The molecule has 0 aliphatic carbocycles. The lowest BCUT2D eigenvalue weighted by Gasteiger charge is -2.10. The van der Waals surface area contributed by atoms with Crippen LogP contribution in [0.5, 0.6) is 5.75 Å². The third-order valence-electron chi connectivity index (χ3n) is 4.91. The van der Waals surface area contributed by atoms with Crippen LogP contribution < -0.4 is 10.1 Å². The molecule has 31 heavy (non-hydrogen) atoms. The number of rotatable bonds is 5. The second-order valence-corrected chi connectivity index (χ2v) is 7.49. The minimum absolute atomic E-state index is 0.0433. The van der Waals surface area contributed by atoms with Gasteiger partial charge in [-0.05, 0) is 49.7 Å². The molecule has 1 amide bonds. The van der Waals surface area contributed by atoms with Gasteiger partial charge in [-0.25, -0.2) is 9.67 Å². The highest BCUT2D eigenvalue weighted by molar-refractivity contribution is 6.31. The smallest absolute Gasteiger partial charge is 0.295 e. The van der Waals surface area contributed by atoms with Gasteiger partial charge in [-0.2, -0.15) is 0 Å². The summed E-state index contributed by atoms with van der Waals surface area (Å²) in [6.07, 6.45) is 0. The molecule has 4 rings (SSSR count). The number of hydrogen-bond acceptors (Lipinski definition) is 4. The summed E-state index contributed by atoms with van der Waals surface area (Å²) in [5.41, 5.74) is 4.08. The number of carbonyl (C=O) groups excluding carboxylic acids is 1. The Balaban J connectivity index is 1.81. The van der Waals surface area contributed by atoms with Crippen LogP contribution in [-0.4, -0.2) is 27.8 Å². The SMILES string of the molecule is COc1ccccc1NC(=O)c1nc(-c2cccc(C)c2)n(-c2cccc(Cl)c2C)n1. The van der Waals surface area contributed by atoms with Crippen molar-refractivity contribution in [2.75, 3.05) is 12.4 Å². The van der Waals surface area contributed by atoms with E-state index in [9.17, 15) is 4.79 Å². The van der Waals surface area contributed by atoms with E-state index in [1.54, 1.807) is 23.9 Å². The zero-order chi connectivity index (χ0) is 22.0. The summed E-state index contributed by atoms with van der Waals surface area (Å²) in [6.45, 7) is 3.91. The zero-order valence-corrected chi connectivity index (χ0v) is 18.1. The minimum Gasteiger partial charge on any atom is -0.495 e. The molecule has 3 aromatic carbocycles. The average molecular weight is 433 g/mol. The number of anilines is 1. The largest absolute Gasteiger partial charge is 0.495 e. The van der Waals surface area contributed by atoms with E-state index >= 15 is 0 Å². The molecule has 0 fully saturated rings. The molecule has 1 aromatic heterocycles. The summed E-state index contributed by atoms with van der Waals surface area (Å²) < 4.78 is 6.98. The first-order valence-electron chi connectivity index (χ1n) is 9.72. The van der Waals surface area contributed by atoms with Gasteiger partial charge in [0.15, 0.2) is 5.82 Å². The third-order valence-corrected chi connectivity index (χ3v) is 5.32. The number of hydrogen-bond donors (Lipinski definition) is 1. The monoisotopic (exact) mass is 432 g/mol. The molecule has 0 saturated heterocycles. The fourth-order valence-electron chi connectivity index (χ4n) is 3.30. The summed E-state index contributed by atoms with van der Waals surface area (Å²) in [4.78, 5) is 17.6. The molecule has 0 atom stereocenters. The maximum absolute atomic E-state index is 13.0. The van der Waals surface area contributed by atoms with E-state index in [4.69, 9.17) is 16.3 Å². The number of amides is 1. The van der Waals surface area contributed by atoms with Crippen molar-refractivity contribution in [2.24, 2.45) is 0 Å². The average Bonchev–Trinajstić information content (AvgIpc) is 3.21. The number of ether oxygens (including phenoxy) is 1. The Bertz CT molecular complexity index is 1270. The second kappa shape index (κ2) is 8.62. The van der Waals surface area contributed by atoms with Gasteiger partial charge in [-0.3, -0.25) is 4.79 Å². The van der Waals surface area contributed by atoms with Gasteiger partial charge in [-0.15, -0.1) is 5.10 Å². The van der Waals surface area contributed by atoms with Crippen molar-refractivity contribution in [3.05, 3.63) is 88.7 Å². The Labute approximate surface area is 185 Å². The van der Waals surface area contributed by atoms with Gasteiger partial charge in [0.05, 0.1) is 18.5 Å². The van der Waals surface area contributed by atoms with Crippen LogP contribution in [0.3, 0.4) is 0 Å². The molecule has 4 aromatic rings. The van der Waals surface area contributed by atoms with E-state index in [1.165, 1.54) is 0 Å². The normalized spacial score (nSPS) is 10.7. The number of nitrogens with zero attached hydrogens (tertiary/aromatic N) is 3. The first-order chi connectivity index (χ1) is 15.0. The van der Waals surface area contributed by atoms with E-state index in [-0.39, 0.29) is 5.82 Å². The molecule has 0 spiro atoms. The van der Waals surface area contributed by atoms with Crippen LogP contribution in [0.15, 0.2) is 66.7 Å². The van der Waals surface area contributed by atoms with Crippen LogP contribution in [0.25, 0.3) is 17.1 Å². The number of halogens is 1. The van der Waals surface area contributed by atoms with Gasteiger partial charge in [0, 0.05) is 10.6 Å². The molecular weight excluding hydrogens is 412 g/mol. The predicted octanol–water partition coefficient (Wildman–Crippen LogP) is 5.47. The Morgan fingerprint density at radius 1 is 1.03 bits per heavy atom. The summed E-state index contributed by atoms with van der Waals surface area (Å²) in [7, 11) is 1.55. The van der Waals surface area contributed by atoms with Crippen molar-refractivity contribution in [3.63, 3.8) is 0 Å². The maximum Gasteiger partial charge on any atom is 0.295 e. The highest BCUT2D eigenvalue weighted by Gasteiger charge is 2.21. The maximum atomic E-state index is 13.0. The molecule has 0 aliphatic rings. The molecule has 1 heterocycles. The first kappa shape index (κ1) is 20.6. The topological polar surface area (TPSA) is 69.0 Å². The Morgan fingerprint density at radius 3 is 2.58 bits per heavy atom. The van der Waals surface area contributed by atoms with Crippen LogP contribution in [0.1, 0.15) is 21.7 Å². The standard InChI is InChI=1S/C24H21ClN4O2/c1-15-8-6-9-17(14-15)23-27-22(24(30)26-19-11-4-5-13-21(19)31-3)28-29(23)20-12-7-10-18(25)16(20)2/h4-14H,1-3H3,(H,26,30). The third kappa shape index (κ3) is 4.15. The van der Waals surface area contributed by atoms with Crippen molar-refractivity contribution in [3.8, 4) is 22.8 Å². The molecular formula is C24H21ClN4O2. The van der Waals surface area contributed by atoms with E-state index in [1.807, 2.05) is 68.4 Å². The fraction of sp³-hybridized carbons (Fsp3) is 0.125. The van der Waals surface area contributed by atoms with Crippen LogP contribution in [0, 0.1) is 13.8 Å². The lowest BCUT2D eigenvalue weighted by molar-refractivity contribution is 0.101. The van der Waals surface area contributed by atoms with Crippen LogP contribution in [0.4, 0.5) is 5.69 Å². The number of aromatic nitrogens is 3. The lowest BCUT2D eigenvalue weighted by atomic mass is 10.1. The fourth-order valence-corrected chi connectivity index (χ4v) is 3.47. The van der Waals surface area contributed by atoms with E-state index in [0.29, 0.717) is 22.3 Å². The summed E-state index contributed by atoms with van der Waals surface area (Å²) in [5, 5.41) is 7.98. The minimum atomic E-state index is -0.433. The summed E-state index contributed by atoms with van der Waals surface area (Å²) in [6, 6.07) is 20.6. The van der Waals surface area contributed by atoms with Gasteiger partial charge in [0.2, 0.25) is 5.82 Å². The van der Waals surface area contributed by atoms with Gasteiger partial charge in [0.25, 0.3) is 5.91 Å².